The molecule has 144 valence electrons. The molecule has 1 heterocycles. The smallest absolute Gasteiger partial charge is 0.261 e. The second-order valence-electron chi connectivity index (χ2n) is 6.18. The molecule has 0 radical (unpaired) electrons. The summed E-state index contributed by atoms with van der Waals surface area (Å²) in [7, 11) is -3.94. The van der Waals surface area contributed by atoms with E-state index in [1.807, 2.05) is 30.3 Å². The van der Waals surface area contributed by atoms with Gasteiger partial charge < -0.3 is 0 Å². The molecule has 0 saturated carbocycles. The van der Waals surface area contributed by atoms with Crippen LogP contribution in [-0.4, -0.2) is 20.2 Å². The van der Waals surface area contributed by atoms with Crippen LogP contribution in [0.3, 0.4) is 0 Å². The number of hydrogen-bond acceptors (Lipinski definition) is 6. The molecule has 0 spiro atoms. The molecule has 3 aromatic carbocycles. The maximum absolute atomic E-state index is 12.6. The molecule has 0 aliphatic carbocycles. The van der Waals surface area contributed by atoms with Gasteiger partial charge in [-0.3, -0.25) is 19.6 Å². The maximum Gasteiger partial charge on any atom is 0.261 e. The quantitative estimate of drug-likeness (QED) is 0.495. The zero-order valence-corrected chi connectivity index (χ0v) is 15.7. The van der Waals surface area contributed by atoms with Crippen LogP contribution in [0.2, 0.25) is 0 Å². The number of imide groups is 1. The molecule has 1 aliphatic rings. The van der Waals surface area contributed by atoms with Crippen molar-refractivity contribution in [3.63, 3.8) is 0 Å². The predicted octanol–water partition coefficient (Wildman–Crippen LogP) is 3.79. The largest absolute Gasteiger partial charge is 0.288 e. The second-order valence-corrected chi connectivity index (χ2v) is 7.86. The van der Waals surface area contributed by atoms with Crippen molar-refractivity contribution in [2.45, 2.75) is 4.90 Å². The van der Waals surface area contributed by atoms with Gasteiger partial charge in [0, 0.05) is 5.69 Å². The average Bonchev–Trinajstić information content (AvgIpc) is 3.01. The third-order valence-electron chi connectivity index (χ3n) is 4.17. The lowest BCUT2D eigenvalue weighted by Gasteiger charge is -2.09. The number of sulfonamides is 1. The van der Waals surface area contributed by atoms with Gasteiger partial charge in [-0.25, -0.2) is 8.42 Å². The van der Waals surface area contributed by atoms with E-state index in [4.69, 9.17) is 0 Å². The minimum atomic E-state index is -3.94. The molecule has 0 bridgehead atoms. The molecular formula is C20H14N4O4S. The first-order valence-electron chi connectivity index (χ1n) is 8.52. The van der Waals surface area contributed by atoms with Crippen molar-refractivity contribution in [1.29, 1.82) is 0 Å². The Hall–Kier alpha value is -3.85. The molecule has 3 aromatic rings. The summed E-state index contributed by atoms with van der Waals surface area (Å²) in [6.45, 7) is 0. The Labute approximate surface area is 166 Å². The number of anilines is 1. The van der Waals surface area contributed by atoms with Crippen LogP contribution >= 0.6 is 0 Å². The molecule has 2 amide bonds. The Morgan fingerprint density at radius 3 is 2.03 bits per heavy atom. The first-order chi connectivity index (χ1) is 13.9. The Morgan fingerprint density at radius 2 is 1.34 bits per heavy atom. The van der Waals surface area contributed by atoms with E-state index in [1.165, 1.54) is 18.2 Å². The number of nitrogens with one attached hydrogen (secondary N) is 2. The van der Waals surface area contributed by atoms with Crippen LogP contribution < -0.4 is 10.0 Å². The molecule has 4 rings (SSSR count). The van der Waals surface area contributed by atoms with Gasteiger partial charge in [0.05, 0.1) is 27.4 Å². The lowest BCUT2D eigenvalue weighted by Crippen LogP contribution is -2.19. The highest BCUT2D eigenvalue weighted by atomic mass is 32.2. The highest BCUT2D eigenvalue weighted by molar-refractivity contribution is 7.92. The van der Waals surface area contributed by atoms with E-state index in [1.54, 1.807) is 24.3 Å². The molecule has 8 nitrogen and oxygen atoms in total. The van der Waals surface area contributed by atoms with Gasteiger partial charge >= 0.3 is 0 Å². The third kappa shape index (κ3) is 3.90. The monoisotopic (exact) mass is 406 g/mol. The number of benzene rings is 3. The van der Waals surface area contributed by atoms with Gasteiger partial charge in [0.25, 0.3) is 21.8 Å². The van der Waals surface area contributed by atoms with E-state index in [0.29, 0.717) is 17.1 Å². The van der Waals surface area contributed by atoms with Crippen molar-refractivity contribution in [2.24, 2.45) is 10.2 Å². The van der Waals surface area contributed by atoms with E-state index >= 15 is 0 Å². The number of hydrogen-bond donors (Lipinski definition) is 2. The van der Waals surface area contributed by atoms with E-state index < -0.39 is 21.8 Å². The van der Waals surface area contributed by atoms with E-state index in [0.717, 1.165) is 0 Å². The van der Waals surface area contributed by atoms with Gasteiger partial charge in [0.15, 0.2) is 0 Å². The molecule has 0 aromatic heterocycles. The van der Waals surface area contributed by atoms with Crippen LogP contribution in [0.15, 0.2) is 87.9 Å². The van der Waals surface area contributed by atoms with Crippen molar-refractivity contribution in [1.82, 2.24) is 5.32 Å². The molecule has 0 unspecified atom stereocenters. The van der Waals surface area contributed by atoms with Gasteiger partial charge in [-0.2, -0.15) is 10.2 Å². The number of azo groups is 1. The summed E-state index contributed by atoms with van der Waals surface area (Å²) >= 11 is 0. The van der Waals surface area contributed by atoms with E-state index in [9.17, 15) is 18.0 Å². The number of carbonyl (C=O) groups excluding carboxylic acids is 2. The standard InChI is InChI=1S/C20H14N4O4S/c25-19-17-11-10-16(12-18(17)20(26)21-19)29(27,28)24-15-8-6-14(7-9-15)23-22-13-4-2-1-3-5-13/h1-12,24H,(H,21,25,26). The molecule has 1 aliphatic heterocycles. The van der Waals surface area contributed by atoms with Gasteiger partial charge in [-0.1, -0.05) is 18.2 Å². The summed E-state index contributed by atoms with van der Waals surface area (Å²) < 4.78 is 27.7. The van der Waals surface area contributed by atoms with Crippen LogP contribution in [0.4, 0.5) is 17.1 Å². The van der Waals surface area contributed by atoms with Gasteiger partial charge in [0.2, 0.25) is 0 Å². The predicted molar refractivity (Wildman–Crippen MR) is 106 cm³/mol. The Morgan fingerprint density at radius 1 is 0.724 bits per heavy atom. The third-order valence-corrected chi connectivity index (χ3v) is 5.55. The minimum Gasteiger partial charge on any atom is -0.288 e. The highest BCUT2D eigenvalue weighted by Gasteiger charge is 2.28. The van der Waals surface area contributed by atoms with Crippen LogP contribution in [0, 0.1) is 0 Å². The van der Waals surface area contributed by atoms with Gasteiger partial charge in [-0.15, -0.1) is 0 Å². The van der Waals surface area contributed by atoms with Crippen LogP contribution in [0.25, 0.3) is 0 Å². The van der Waals surface area contributed by atoms with Crippen molar-refractivity contribution in [3.8, 4) is 0 Å². The second kappa shape index (κ2) is 7.28. The Bertz CT molecular complexity index is 1240. The van der Waals surface area contributed by atoms with Crippen LogP contribution in [-0.2, 0) is 10.0 Å². The van der Waals surface area contributed by atoms with E-state index in [-0.39, 0.29) is 16.0 Å². The number of nitrogens with zero attached hydrogens (tertiary/aromatic N) is 2. The maximum atomic E-state index is 12.6. The number of carbonyl (C=O) groups is 2. The fourth-order valence-corrected chi connectivity index (χ4v) is 3.82. The average molecular weight is 406 g/mol. The minimum absolute atomic E-state index is 0.0366. The first-order valence-corrected chi connectivity index (χ1v) is 10.0. The molecule has 2 N–H and O–H groups in total. The van der Waals surface area contributed by atoms with Crippen molar-refractivity contribution in [2.75, 3.05) is 4.72 Å². The fraction of sp³-hybridized carbons (Fsp3) is 0. The molecule has 9 heteroatoms. The van der Waals surface area contributed by atoms with Gasteiger partial charge in [0.1, 0.15) is 0 Å². The summed E-state index contributed by atoms with van der Waals surface area (Å²) in [6, 6.07) is 19.4. The number of amides is 2. The summed E-state index contributed by atoms with van der Waals surface area (Å²) in [5.41, 5.74) is 1.78. The van der Waals surface area contributed by atoms with E-state index in [2.05, 4.69) is 20.3 Å². The fourth-order valence-electron chi connectivity index (χ4n) is 2.73. The lowest BCUT2D eigenvalue weighted by atomic mass is 10.1. The summed E-state index contributed by atoms with van der Waals surface area (Å²) in [4.78, 5) is 23.2. The molecule has 0 fully saturated rings. The summed E-state index contributed by atoms with van der Waals surface area (Å²) in [6.07, 6.45) is 0. The Balaban J connectivity index is 1.52. The van der Waals surface area contributed by atoms with Crippen molar-refractivity contribution < 1.29 is 18.0 Å². The highest BCUT2D eigenvalue weighted by Crippen LogP contribution is 2.24. The van der Waals surface area contributed by atoms with Crippen LogP contribution in [0.1, 0.15) is 20.7 Å². The SMILES string of the molecule is O=C1NC(=O)c2cc(S(=O)(=O)Nc3ccc(N=Nc4ccccc4)cc3)ccc21. The number of fused-ring (bicyclic) bond motifs is 1. The Kier molecular flexibility index (Phi) is 4.65. The molecule has 29 heavy (non-hydrogen) atoms. The van der Waals surface area contributed by atoms with Crippen molar-refractivity contribution in [3.05, 3.63) is 83.9 Å². The molecular weight excluding hydrogens is 392 g/mol. The van der Waals surface area contributed by atoms with Crippen molar-refractivity contribution >= 4 is 38.9 Å². The molecule has 0 atom stereocenters. The van der Waals surface area contributed by atoms with Gasteiger partial charge in [-0.05, 0) is 54.6 Å². The lowest BCUT2D eigenvalue weighted by molar-refractivity contribution is 0.0879. The zero-order valence-electron chi connectivity index (χ0n) is 14.9. The zero-order chi connectivity index (χ0) is 20.4. The number of rotatable bonds is 5. The summed E-state index contributed by atoms with van der Waals surface area (Å²) in [5.74, 6) is -1.16. The summed E-state index contributed by atoms with van der Waals surface area (Å²) in [5, 5.41) is 10.3. The topological polar surface area (TPSA) is 117 Å². The first kappa shape index (κ1) is 18.5. The van der Waals surface area contributed by atoms with Crippen LogP contribution in [0.5, 0.6) is 0 Å². The molecule has 0 saturated heterocycles. The normalized spacial score (nSPS) is 13.4.